The van der Waals surface area contributed by atoms with Crippen molar-refractivity contribution in [2.24, 2.45) is 0 Å². The summed E-state index contributed by atoms with van der Waals surface area (Å²) in [5.41, 5.74) is 1.11. The Morgan fingerprint density at radius 2 is 1.91 bits per heavy atom. The molecular formula is C23H33N5O4. The Morgan fingerprint density at radius 3 is 2.59 bits per heavy atom. The molecule has 4 amide bonds. The number of rotatable bonds is 8. The van der Waals surface area contributed by atoms with E-state index < -0.39 is 24.0 Å². The Labute approximate surface area is 188 Å². The maximum Gasteiger partial charge on any atom is 0.264 e. The van der Waals surface area contributed by atoms with Gasteiger partial charge < -0.3 is 16.0 Å². The van der Waals surface area contributed by atoms with Gasteiger partial charge in [0.2, 0.25) is 17.7 Å². The van der Waals surface area contributed by atoms with E-state index in [9.17, 15) is 19.2 Å². The Hall–Kier alpha value is -2.94. The van der Waals surface area contributed by atoms with E-state index in [0.29, 0.717) is 38.8 Å². The van der Waals surface area contributed by atoms with Gasteiger partial charge in [0.1, 0.15) is 12.1 Å². The summed E-state index contributed by atoms with van der Waals surface area (Å²) in [6.07, 6.45) is 2.73. The van der Waals surface area contributed by atoms with Crippen molar-refractivity contribution < 1.29 is 19.2 Å². The molecule has 3 N–H and O–H groups in total. The fourth-order valence-corrected chi connectivity index (χ4v) is 4.29. The fraction of sp³-hybridized carbons (Fsp3) is 0.565. The van der Waals surface area contributed by atoms with E-state index in [-0.39, 0.29) is 30.6 Å². The van der Waals surface area contributed by atoms with Crippen LogP contribution in [0.1, 0.15) is 44.6 Å². The van der Waals surface area contributed by atoms with Crippen LogP contribution in [0.15, 0.2) is 30.3 Å². The summed E-state index contributed by atoms with van der Waals surface area (Å²) < 4.78 is 0. The van der Waals surface area contributed by atoms with Crippen LogP contribution in [0.25, 0.3) is 0 Å². The Kier molecular flexibility index (Phi) is 8.21. The van der Waals surface area contributed by atoms with Crippen molar-refractivity contribution >= 4 is 23.6 Å². The second-order valence-electron chi connectivity index (χ2n) is 8.23. The highest BCUT2D eigenvalue weighted by Crippen LogP contribution is 2.25. The van der Waals surface area contributed by atoms with Crippen LogP contribution in [0.3, 0.4) is 0 Å². The monoisotopic (exact) mass is 443 g/mol. The van der Waals surface area contributed by atoms with Gasteiger partial charge in [-0.1, -0.05) is 37.3 Å². The number of amides is 4. The fourth-order valence-electron chi connectivity index (χ4n) is 4.29. The lowest BCUT2D eigenvalue weighted by molar-refractivity contribution is -0.176. The number of benzene rings is 1. The molecule has 3 atom stereocenters. The average Bonchev–Trinajstić information content (AvgIpc) is 2.92. The number of carbonyl (C=O) groups excluding carboxylic acids is 4. The van der Waals surface area contributed by atoms with Gasteiger partial charge >= 0.3 is 0 Å². The molecule has 1 aromatic rings. The van der Waals surface area contributed by atoms with E-state index in [4.69, 9.17) is 0 Å². The van der Waals surface area contributed by atoms with Gasteiger partial charge in [-0.3, -0.25) is 24.2 Å². The summed E-state index contributed by atoms with van der Waals surface area (Å²) in [5.74, 6) is -1.16. The second-order valence-corrected chi connectivity index (χ2v) is 8.23. The predicted octanol–water partition coefficient (Wildman–Crippen LogP) is 0.357. The molecule has 0 saturated carbocycles. The first kappa shape index (κ1) is 23.7. The normalized spacial score (nSPS) is 22.1. The Bertz CT molecular complexity index is 827. The number of nitrogens with one attached hydrogen (secondary N) is 3. The molecule has 2 saturated heterocycles. The molecule has 2 aliphatic heterocycles. The number of hydrogen-bond acceptors (Lipinski definition) is 5. The second kappa shape index (κ2) is 11.1. The minimum atomic E-state index is -0.837. The molecule has 1 aromatic carbocycles. The lowest BCUT2D eigenvalue weighted by atomic mass is 10.1. The highest BCUT2D eigenvalue weighted by molar-refractivity contribution is 5.96. The van der Waals surface area contributed by atoms with E-state index in [1.54, 1.807) is 7.05 Å². The van der Waals surface area contributed by atoms with Crippen LogP contribution >= 0.6 is 0 Å². The van der Waals surface area contributed by atoms with Crippen molar-refractivity contribution in [1.82, 2.24) is 26.0 Å². The average molecular weight is 444 g/mol. The number of likely N-dealkylation sites (N-methyl/N-ethyl adjacent to an activating group) is 1. The van der Waals surface area contributed by atoms with Crippen molar-refractivity contribution in [1.29, 1.82) is 0 Å². The van der Waals surface area contributed by atoms with Gasteiger partial charge in [-0.2, -0.15) is 0 Å². The largest absolute Gasteiger partial charge is 0.354 e. The number of hydrogen-bond donors (Lipinski definition) is 3. The summed E-state index contributed by atoms with van der Waals surface area (Å²) in [4.78, 5) is 51.6. The molecule has 0 bridgehead atoms. The van der Waals surface area contributed by atoms with Gasteiger partial charge in [0, 0.05) is 19.5 Å². The minimum absolute atomic E-state index is 0.145. The molecule has 3 rings (SSSR count). The standard InChI is InChI=1S/C23H33N5O4/c1-3-17(24-2)21(30)26-18-11-12-20(29)27-15-7-10-19(28(27)23(18)32)22(31)25-14-13-16-8-5-4-6-9-16/h4-6,8-9,17-19,24H,3,7,10-15H2,1-2H3,(H,25,31)(H,26,30)/t17-,18-,19-/m0/s1. The molecule has 2 heterocycles. The molecular weight excluding hydrogens is 410 g/mol. The van der Waals surface area contributed by atoms with E-state index in [0.717, 1.165) is 5.56 Å². The molecule has 9 nitrogen and oxygen atoms in total. The van der Waals surface area contributed by atoms with Crippen LogP contribution in [0.4, 0.5) is 0 Å². The molecule has 32 heavy (non-hydrogen) atoms. The summed E-state index contributed by atoms with van der Waals surface area (Å²) >= 11 is 0. The van der Waals surface area contributed by atoms with Crippen molar-refractivity contribution in [3.63, 3.8) is 0 Å². The highest BCUT2D eigenvalue weighted by Gasteiger charge is 2.44. The van der Waals surface area contributed by atoms with Gasteiger partial charge in [0.25, 0.3) is 5.91 Å². The lowest BCUT2D eigenvalue weighted by Crippen LogP contribution is -2.64. The van der Waals surface area contributed by atoms with E-state index >= 15 is 0 Å². The Morgan fingerprint density at radius 1 is 1.16 bits per heavy atom. The molecule has 0 unspecified atom stereocenters. The molecule has 0 aliphatic carbocycles. The first-order chi connectivity index (χ1) is 15.5. The van der Waals surface area contributed by atoms with Gasteiger partial charge in [-0.05, 0) is 44.7 Å². The topological polar surface area (TPSA) is 111 Å². The first-order valence-corrected chi connectivity index (χ1v) is 11.4. The summed E-state index contributed by atoms with van der Waals surface area (Å²) in [7, 11) is 1.69. The van der Waals surface area contributed by atoms with Crippen LogP contribution in [0, 0.1) is 0 Å². The number of nitrogens with zero attached hydrogens (tertiary/aromatic N) is 2. The van der Waals surface area contributed by atoms with Gasteiger partial charge in [-0.15, -0.1) is 0 Å². The van der Waals surface area contributed by atoms with Crippen molar-refractivity contribution in [3.8, 4) is 0 Å². The van der Waals surface area contributed by atoms with Crippen molar-refractivity contribution in [2.45, 2.75) is 63.6 Å². The van der Waals surface area contributed by atoms with E-state index in [1.165, 1.54) is 10.0 Å². The van der Waals surface area contributed by atoms with Crippen molar-refractivity contribution in [3.05, 3.63) is 35.9 Å². The smallest absolute Gasteiger partial charge is 0.264 e. The lowest BCUT2D eigenvalue weighted by Gasteiger charge is -2.43. The third kappa shape index (κ3) is 5.45. The molecule has 0 radical (unpaired) electrons. The predicted molar refractivity (Wildman–Crippen MR) is 119 cm³/mol. The zero-order chi connectivity index (χ0) is 23.1. The Balaban J connectivity index is 1.70. The summed E-state index contributed by atoms with van der Waals surface area (Å²) in [5, 5.41) is 11.3. The molecule has 2 fully saturated rings. The number of hydrazine groups is 1. The summed E-state index contributed by atoms with van der Waals surface area (Å²) in [6.45, 7) is 2.71. The van der Waals surface area contributed by atoms with E-state index in [2.05, 4.69) is 16.0 Å². The van der Waals surface area contributed by atoms with Crippen LogP contribution in [-0.4, -0.2) is 71.9 Å². The highest BCUT2D eigenvalue weighted by atomic mass is 16.2. The van der Waals surface area contributed by atoms with Gasteiger partial charge in [0.05, 0.1) is 6.04 Å². The number of carbonyl (C=O) groups is 4. The van der Waals surface area contributed by atoms with Crippen LogP contribution < -0.4 is 16.0 Å². The molecule has 174 valence electrons. The van der Waals surface area contributed by atoms with Crippen LogP contribution in [0.5, 0.6) is 0 Å². The van der Waals surface area contributed by atoms with Crippen LogP contribution in [-0.2, 0) is 25.6 Å². The zero-order valence-electron chi connectivity index (χ0n) is 18.8. The molecule has 9 heteroatoms. The molecule has 0 aromatic heterocycles. The summed E-state index contributed by atoms with van der Waals surface area (Å²) in [6, 6.07) is 7.80. The van der Waals surface area contributed by atoms with E-state index in [1.807, 2.05) is 37.3 Å². The zero-order valence-corrected chi connectivity index (χ0v) is 18.8. The maximum absolute atomic E-state index is 13.4. The third-order valence-electron chi connectivity index (χ3n) is 6.11. The van der Waals surface area contributed by atoms with Gasteiger partial charge in [0.15, 0.2) is 0 Å². The SMILES string of the molecule is CC[C@H](NC)C(=O)N[C@H]1CCC(=O)N2CCC[C@@H](C(=O)NCCc3ccccc3)N2C1=O. The quantitative estimate of drug-likeness (QED) is 0.537. The molecule has 2 aliphatic rings. The first-order valence-electron chi connectivity index (χ1n) is 11.4. The maximum atomic E-state index is 13.4. The minimum Gasteiger partial charge on any atom is -0.354 e. The molecule has 0 spiro atoms. The van der Waals surface area contributed by atoms with Crippen molar-refractivity contribution in [2.75, 3.05) is 20.1 Å². The number of fused-ring (bicyclic) bond motifs is 1. The van der Waals surface area contributed by atoms with Gasteiger partial charge in [-0.25, -0.2) is 5.01 Å². The third-order valence-corrected chi connectivity index (χ3v) is 6.11. The van der Waals surface area contributed by atoms with Crippen LogP contribution in [0.2, 0.25) is 0 Å².